The standard InChI is InChI=1S/C13H17N3O2/c17-12(10-4-2-1-3-5-10)15-6-7-16-13(18)11-8-14-9-11/h1-5,11,14H,6-9H2,(H,15,17)(H,16,18). The van der Waals surface area contributed by atoms with Gasteiger partial charge in [-0.3, -0.25) is 9.59 Å². The van der Waals surface area contributed by atoms with Gasteiger partial charge in [0, 0.05) is 31.7 Å². The normalized spacial score (nSPS) is 14.7. The molecule has 2 amide bonds. The molecule has 1 aromatic rings. The highest BCUT2D eigenvalue weighted by atomic mass is 16.2. The van der Waals surface area contributed by atoms with Crippen molar-refractivity contribution in [3.63, 3.8) is 0 Å². The highest BCUT2D eigenvalue weighted by Gasteiger charge is 2.24. The van der Waals surface area contributed by atoms with Gasteiger partial charge >= 0.3 is 0 Å². The Kier molecular flexibility index (Phi) is 4.30. The Bertz CT molecular complexity index is 416. The van der Waals surface area contributed by atoms with Gasteiger partial charge in [-0.15, -0.1) is 0 Å². The molecule has 0 atom stereocenters. The van der Waals surface area contributed by atoms with Crippen molar-refractivity contribution < 1.29 is 9.59 Å². The van der Waals surface area contributed by atoms with Crippen LogP contribution in [0.3, 0.4) is 0 Å². The van der Waals surface area contributed by atoms with Gasteiger partial charge in [0.15, 0.2) is 0 Å². The van der Waals surface area contributed by atoms with Crippen molar-refractivity contribution in [3.05, 3.63) is 35.9 Å². The van der Waals surface area contributed by atoms with Gasteiger partial charge in [0.05, 0.1) is 5.92 Å². The Morgan fingerprint density at radius 3 is 2.39 bits per heavy atom. The smallest absolute Gasteiger partial charge is 0.251 e. The zero-order valence-electron chi connectivity index (χ0n) is 10.1. The summed E-state index contributed by atoms with van der Waals surface area (Å²) in [6, 6.07) is 9.02. The first-order valence-corrected chi connectivity index (χ1v) is 6.09. The van der Waals surface area contributed by atoms with E-state index in [2.05, 4.69) is 16.0 Å². The molecule has 5 heteroatoms. The van der Waals surface area contributed by atoms with Gasteiger partial charge in [0.25, 0.3) is 5.91 Å². The molecule has 96 valence electrons. The second-order valence-corrected chi connectivity index (χ2v) is 4.27. The van der Waals surface area contributed by atoms with Crippen LogP contribution in [-0.2, 0) is 4.79 Å². The van der Waals surface area contributed by atoms with Crippen molar-refractivity contribution in [2.45, 2.75) is 0 Å². The van der Waals surface area contributed by atoms with Crippen molar-refractivity contribution in [1.82, 2.24) is 16.0 Å². The number of nitrogens with one attached hydrogen (secondary N) is 3. The van der Waals surface area contributed by atoms with E-state index in [4.69, 9.17) is 0 Å². The summed E-state index contributed by atoms with van der Waals surface area (Å²) < 4.78 is 0. The lowest BCUT2D eigenvalue weighted by Gasteiger charge is -2.25. The third-order valence-corrected chi connectivity index (χ3v) is 2.90. The average Bonchev–Trinajstić information content (AvgIpc) is 2.33. The van der Waals surface area contributed by atoms with Gasteiger partial charge in [0.1, 0.15) is 0 Å². The fourth-order valence-electron chi connectivity index (χ4n) is 1.67. The van der Waals surface area contributed by atoms with Crippen LogP contribution in [0.1, 0.15) is 10.4 Å². The number of hydrogen-bond acceptors (Lipinski definition) is 3. The zero-order chi connectivity index (χ0) is 12.8. The number of rotatable bonds is 5. The molecule has 0 radical (unpaired) electrons. The van der Waals surface area contributed by atoms with Gasteiger partial charge in [-0.05, 0) is 12.1 Å². The van der Waals surface area contributed by atoms with Crippen LogP contribution >= 0.6 is 0 Å². The van der Waals surface area contributed by atoms with E-state index in [1.165, 1.54) is 0 Å². The van der Waals surface area contributed by atoms with Crippen LogP contribution in [0.2, 0.25) is 0 Å². The first kappa shape index (κ1) is 12.6. The topological polar surface area (TPSA) is 70.2 Å². The monoisotopic (exact) mass is 247 g/mol. The summed E-state index contributed by atoms with van der Waals surface area (Å²) in [7, 11) is 0. The number of hydrogen-bond donors (Lipinski definition) is 3. The summed E-state index contributed by atoms with van der Waals surface area (Å²) in [5, 5.41) is 8.60. The molecule has 0 unspecified atom stereocenters. The summed E-state index contributed by atoms with van der Waals surface area (Å²) >= 11 is 0. The minimum Gasteiger partial charge on any atom is -0.354 e. The molecular weight excluding hydrogens is 230 g/mol. The van der Waals surface area contributed by atoms with Crippen molar-refractivity contribution >= 4 is 11.8 Å². The maximum Gasteiger partial charge on any atom is 0.251 e. The van der Waals surface area contributed by atoms with Crippen LogP contribution in [-0.4, -0.2) is 38.0 Å². The predicted octanol–water partition coefficient (Wildman–Crippen LogP) is -0.248. The molecule has 18 heavy (non-hydrogen) atoms. The SMILES string of the molecule is O=C(NCCNC(=O)C1CNC1)c1ccccc1. The van der Waals surface area contributed by atoms with Crippen molar-refractivity contribution in [2.24, 2.45) is 5.92 Å². The van der Waals surface area contributed by atoms with Gasteiger partial charge in [0.2, 0.25) is 5.91 Å². The average molecular weight is 247 g/mol. The molecule has 5 nitrogen and oxygen atoms in total. The van der Waals surface area contributed by atoms with Gasteiger partial charge in [-0.2, -0.15) is 0 Å². The first-order valence-electron chi connectivity index (χ1n) is 6.09. The molecule has 1 heterocycles. The van der Waals surface area contributed by atoms with Gasteiger partial charge in [-0.1, -0.05) is 18.2 Å². The molecule has 1 aliphatic rings. The fourth-order valence-corrected chi connectivity index (χ4v) is 1.67. The van der Waals surface area contributed by atoms with Crippen LogP contribution in [0.5, 0.6) is 0 Å². The Labute approximate surface area is 106 Å². The lowest BCUT2D eigenvalue weighted by molar-refractivity contribution is -0.126. The molecule has 0 aromatic heterocycles. The van der Waals surface area contributed by atoms with Crippen LogP contribution in [0.15, 0.2) is 30.3 Å². The Balaban J connectivity index is 1.63. The number of amides is 2. The molecule has 0 aliphatic carbocycles. The van der Waals surface area contributed by atoms with Crippen molar-refractivity contribution in [3.8, 4) is 0 Å². The van der Waals surface area contributed by atoms with Crippen LogP contribution in [0, 0.1) is 5.92 Å². The van der Waals surface area contributed by atoms with Crippen molar-refractivity contribution in [1.29, 1.82) is 0 Å². The van der Waals surface area contributed by atoms with E-state index < -0.39 is 0 Å². The lowest BCUT2D eigenvalue weighted by Crippen LogP contribution is -2.51. The van der Waals surface area contributed by atoms with Crippen LogP contribution < -0.4 is 16.0 Å². The summed E-state index contributed by atoms with van der Waals surface area (Å²) in [6.45, 7) is 2.41. The van der Waals surface area contributed by atoms with E-state index in [1.54, 1.807) is 12.1 Å². The summed E-state index contributed by atoms with van der Waals surface area (Å²) in [4.78, 5) is 23.1. The quantitative estimate of drug-likeness (QED) is 0.629. The molecule has 0 bridgehead atoms. The summed E-state index contributed by atoms with van der Waals surface area (Å²) in [6.07, 6.45) is 0. The van der Waals surface area contributed by atoms with E-state index in [-0.39, 0.29) is 17.7 Å². The van der Waals surface area contributed by atoms with E-state index in [0.717, 1.165) is 13.1 Å². The molecule has 0 saturated carbocycles. The molecular formula is C13H17N3O2. The van der Waals surface area contributed by atoms with Crippen LogP contribution in [0.25, 0.3) is 0 Å². The molecule has 1 saturated heterocycles. The second-order valence-electron chi connectivity index (χ2n) is 4.27. The second kappa shape index (κ2) is 6.16. The number of carbonyl (C=O) groups excluding carboxylic acids is 2. The highest BCUT2D eigenvalue weighted by Crippen LogP contribution is 2.01. The van der Waals surface area contributed by atoms with Crippen molar-refractivity contribution in [2.75, 3.05) is 26.2 Å². The molecule has 3 N–H and O–H groups in total. The third kappa shape index (κ3) is 3.30. The molecule has 1 aliphatic heterocycles. The Morgan fingerprint density at radius 2 is 1.78 bits per heavy atom. The van der Waals surface area contributed by atoms with E-state index in [9.17, 15) is 9.59 Å². The van der Waals surface area contributed by atoms with Crippen LogP contribution in [0.4, 0.5) is 0 Å². The lowest BCUT2D eigenvalue weighted by atomic mass is 10.0. The van der Waals surface area contributed by atoms with E-state index in [0.29, 0.717) is 18.7 Å². The highest BCUT2D eigenvalue weighted by molar-refractivity contribution is 5.94. The number of carbonyl (C=O) groups is 2. The predicted molar refractivity (Wildman–Crippen MR) is 68.1 cm³/mol. The molecule has 2 rings (SSSR count). The fraction of sp³-hybridized carbons (Fsp3) is 0.385. The molecule has 1 fully saturated rings. The Morgan fingerprint density at radius 1 is 1.11 bits per heavy atom. The van der Waals surface area contributed by atoms with Gasteiger partial charge < -0.3 is 16.0 Å². The minimum absolute atomic E-state index is 0.0581. The molecule has 1 aromatic carbocycles. The minimum atomic E-state index is -0.116. The maximum absolute atomic E-state index is 11.7. The largest absolute Gasteiger partial charge is 0.354 e. The van der Waals surface area contributed by atoms with Gasteiger partial charge in [-0.25, -0.2) is 0 Å². The van der Waals surface area contributed by atoms with E-state index >= 15 is 0 Å². The first-order chi connectivity index (χ1) is 8.77. The number of benzene rings is 1. The zero-order valence-corrected chi connectivity index (χ0v) is 10.1. The van der Waals surface area contributed by atoms with E-state index in [1.807, 2.05) is 18.2 Å². The summed E-state index contributed by atoms with van der Waals surface area (Å²) in [5.74, 6) is 0.0349. The third-order valence-electron chi connectivity index (χ3n) is 2.90. The Hall–Kier alpha value is -1.88. The molecule has 0 spiro atoms. The summed E-state index contributed by atoms with van der Waals surface area (Å²) in [5.41, 5.74) is 0.631. The maximum atomic E-state index is 11.7.